The number of ether oxygens (including phenoxy) is 9. The van der Waals surface area contributed by atoms with Crippen molar-refractivity contribution in [2.45, 2.75) is 332 Å². The zero-order valence-corrected chi connectivity index (χ0v) is 71.0. The lowest BCUT2D eigenvalue weighted by atomic mass is 9.90. The van der Waals surface area contributed by atoms with Crippen molar-refractivity contribution in [2.24, 2.45) is 47.3 Å². The Kier molecular flexibility index (Phi) is 50.1. The van der Waals surface area contributed by atoms with Crippen LogP contribution >= 0.6 is 0 Å². The van der Waals surface area contributed by atoms with Crippen LogP contribution in [0.15, 0.2) is 0 Å². The molecule has 5 rings (SSSR count). The zero-order valence-electron chi connectivity index (χ0n) is 71.0. The molecular formula is C83H148N6O29. The van der Waals surface area contributed by atoms with E-state index in [1.165, 1.54) is 0 Å². The van der Waals surface area contributed by atoms with Crippen LogP contribution in [0, 0.1) is 47.3 Å². The zero-order chi connectivity index (χ0) is 86.8. The third-order valence-corrected chi connectivity index (χ3v) is 23.3. The van der Waals surface area contributed by atoms with Crippen molar-refractivity contribution in [3.8, 4) is 0 Å². The van der Waals surface area contributed by atoms with E-state index in [-0.39, 0.29) is 145 Å². The number of nitrogens with zero attached hydrogens (tertiary/aromatic N) is 1. The number of amides is 6. The second-order valence-corrected chi connectivity index (χ2v) is 33.7. The molecule has 11 unspecified atom stereocenters. The number of carbonyl (C=O) groups excluding carboxylic acids is 8. The Morgan fingerprint density at radius 1 is 0.398 bits per heavy atom. The number of aliphatic hydroxyl groups excluding tert-OH is 12. The molecule has 5 heterocycles. The Labute approximate surface area is 696 Å². The van der Waals surface area contributed by atoms with Crippen LogP contribution in [-0.2, 0) is 81.0 Å². The van der Waals surface area contributed by atoms with Crippen LogP contribution in [0.1, 0.15) is 222 Å². The third kappa shape index (κ3) is 36.3. The first-order valence-electron chi connectivity index (χ1n) is 43.7. The molecule has 0 aromatic rings. The van der Waals surface area contributed by atoms with E-state index >= 15 is 0 Å². The molecule has 5 aliphatic heterocycles. The lowest BCUT2D eigenvalue weighted by Crippen LogP contribution is -2.55. The summed E-state index contributed by atoms with van der Waals surface area (Å²) < 4.78 is 51.9. The van der Waals surface area contributed by atoms with Gasteiger partial charge in [-0.1, -0.05) is 61.3 Å². The molecule has 0 spiro atoms. The number of unbranched alkanes of at least 4 members (excludes halogenated alkanes) is 7. The van der Waals surface area contributed by atoms with E-state index in [4.69, 9.17) is 42.6 Å². The predicted molar refractivity (Wildman–Crippen MR) is 427 cm³/mol. The number of ketones is 2. The maximum absolute atomic E-state index is 14.8. The van der Waals surface area contributed by atoms with Gasteiger partial charge in [-0.2, -0.15) is 0 Å². The number of rotatable bonds is 60. The number of hydrogen-bond acceptors (Lipinski definition) is 29. The van der Waals surface area contributed by atoms with E-state index < -0.39 is 184 Å². The van der Waals surface area contributed by atoms with Crippen molar-refractivity contribution in [3.05, 3.63) is 0 Å². The number of likely N-dealkylation sites (tertiary alicyclic amines) is 1. The van der Waals surface area contributed by atoms with E-state index in [1.54, 1.807) is 27.7 Å². The van der Waals surface area contributed by atoms with Gasteiger partial charge in [0.25, 0.3) is 0 Å². The number of hydrogen-bond donors (Lipinski definition) is 17. The summed E-state index contributed by atoms with van der Waals surface area (Å²) in [6.45, 7) is 14.0. The fourth-order valence-corrected chi connectivity index (χ4v) is 15.4. The van der Waals surface area contributed by atoms with Crippen LogP contribution in [0.25, 0.3) is 0 Å². The highest BCUT2D eigenvalue weighted by molar-refractivity contribution is 5.92. The molecule has 0 radical (unpaired) electrons. The van der Waals surface area contributed by atoms with Crippen molar-refractivity contribution in [1.82, 2.24) is 31.5 Å². The van der Waals surface area contributed by atoms with Crippen LogP contribution in [-0.4, -0.2) is 322 Å². The SMILES string of the molecule is CC(C)CCOC[C@@H]1C[C@@H](C)CN1C(=O)CCCNC(=O)C(CCCCNC(=O)C(CCCCNC(=O)CCCCO[C@@H]1OC(CO)[C@H](O)[C@H](O)C1C)CC(=O)CCCCO[C@@H]1OC(CO)[C@H](O)[C@H](O)C1C)CC(=O)C(CCCCNC(=O)CCCCO[C@@H]1OC(CO)[C@H](O)[C@H](O)C1C)NC(=O)CCCCO[C@@H]1OC(CO)[C@H](O)[C@H](O)C1C. The fraction of sp³-hybridized carbons (Fsp3) is 0.904. The van der Waals surface area contributed by atoms with Crippen LogP contribution in [0.5, 0.6) is 0 Å². The standard InChI is InChI=1S/C83H148N6O29/c1-50(2)31-40-110-49-58-41-51(3)44-89(58)69(99)30-22-35-87-79(109)57(43-61(95)60(88-68(98)29-14-21-39-114-83-55(7)73(103)77(107)65(48-93)118-83)26-10-17-33-85-67(97)28-13-20-38-113-82-54(6)72(102)76(106)64(47-92)117-82)24-9-16-34-86-78(108)56(42-59(94)25-11-18-36-111-80-52(4)70(100)74(104)62(45-90)115-80)23-8-15-32-84-66(96)27-12-19-37-112-81-53(5)71(101)75(105)63(46-91)116-81/h50-58,60,62-65,70-77,80-83,90-93,100-107H,8-49H2,1-7H3,(H,84,96)(H,85,97)(H,86,108)(H,87,109)(H,88,98)/t51-,52?,53?,54?,55?,56?,57?,58+,60?,62?,63?,64?,65?,70-,71-,72-,73-,74+,75+,76+,77+,80-,81-,82-,83-/m1/s1. The van der Waals surface area contributed by atoms with Crippen LogP contribution in [0.2, 0.25) is 0 Å². The highest BCUT2D eigenvalue weighted by Crippen LogP contribution is 2.32. The van der Waals surface area contributed by atoms with Gasteiger partial charge in [-0.15, -0.1) is 0 Å². The summed E-state index contributed by atoms with van der Waals surface area (Å²) in [5, 5.41) is 136. The molecule has 0 bridgehead atoms. The van der Waals surface area contributed by atoms with Gasteiger partial charge in [-0.25, -0.2) is 0 Å². The molecule has 6 amide bonds. The van der Waals surface area contributed by atoms with E-state index in [2.05, 4.69) is 47.4 Å². The topological polar surface area (TPSA) is 526 Å². The van der Waals surface area contributed by atoms with Gasteiger partial charge in [0.1, 0.15) is 54.6 Å². The second kappa shape index (κ2) is 57.0. The average molecular weight is 1690 g/mol. The number of nitrogens with one attached hydrogen (secondary N) is 5. The number of carbonyl (C=O) groups is 8. The van der Waals surface area contributed by atoms with Gasteiger partial charge in [0.05, 0.1) is 69.5 Å². The van der Waals surface area contributed by atoms with Gasteiger partial charge in [0.15, 0.2) is 30.9 Å². The number of Topliss-reactive ketones (excluding diaryl/α,β-unsaturated/α-hetero) is 2. The molecule has 0 aliphatic carbocycles. The van der Waals surface area contributed by atoms with E-state index in [0.717, 1.165) is 12.8 Å². The normalized spacial score (nSPS) is 30.0. The molecule has 684 valence electrons. The quantitative estimate of drug-likeness (QED) is 0.0373. The average Bonchev–Trinajstić information content (AvgIpc) is 1.16. The fourth-order valence-electron chi connectivity index (χ4n) is 15.4. The Bertz CT molecular complexity index is 2870. The van der Waals surface area contributed by atoms with Crippen LogP contribution < -0.4 is 26.6 Å². The third-order valence-electron chi connectivity index (χ3n) is 23.3. The summed E-state index contributed by atoms with van der Waals surface area (Å²) in [6.07, 6.45) is -8.67. The van der Waals surface area contributed by atoms with Crippen LogP contribution in [0.4, 0.5) is 0 Å². The monoisotopic (exact) mass is 1690 g/mol. The molecule has 35 heteroatoms. The van der Waals surface area contributed by atoms with Gasteiger partial charge < -0.3 is 135 Å². The lowest BCUT2D eigenvalue weighted by Gasteiger charge is -2.40. The Morgan fingerprint density at radius 3 is 1.16 bits per heavy atom. The first-order valence-corrected chi connectivity index (χ1v) is 43.7. The molecule has 5 aliphatic rings. The Hall–Kier alpha value is -4.68. The smallest absolute Gasteiger partial charge is 0.223 e. The molecule has 5 saturated heterocycles. The molecule has 35 nitrogen and oxygen atoms in total. The summed E-state index contributed by atoms with van der Waals surface area (Å²) in [6, 6.07) is -1.12. The summed E-state index contributed by atoms with van der Waals surface area (Å²) in [5.74, 6) is -5.57. The minimum atomic E-state index is -1.31. The van der Waals surface area contributed by atoms with Crippen LogP contribution in [0.3, 0.4) is 0 Å². The molecule has 5 fully saturated rings. The minimum absolute atomic E-state index is 0.0205. The molecule has 118 heavy (non-hydrogen) atoms. The van der Waals surface area contributed by atoms with E-state index in [9.17, 15) is 99.6 Å². The van der Waals surface area contributed by atoms with Gasteiger partial charge in [-0.05, 0) is 127 Å². The molecule has 0 saturated carbocycles. The van der Waals surface area contributed by atoms with Gasteiger partial charge in [0, 0.05) is 146 Å². The first kappa shape index (κ1) is 104. The lowest BCUT2D eigenvalue weighted by molar-refractivity contribution is -0.282. The van der Waals surface area contributed by atoms with Crippen molar-refractivity contribution >= 4 is 47.0 Å². The molecule has 0 aromatic heterocycles. The van der Waals surface area contributed by atoms with Gasteiger partial charge >= 0.3 is 0 Å². The van der Waals surface area contributed by atoms with Crippen molar-refractivity contribution in [1.29, 1.82) is 0 Å². The largest absolute Gasteiger partial charge is 0.394 e. The second-order valence-electron chi connectivity index (χ2n) is 33.7. The summed E-state index contributed by atoms with van der Waals surface area (Å²) >= 11 is 0. The minimum Gasteiger partial charge on any atom is -0.394 e. The summed E-state index contributed by atoms with van der Waals surface area (Å²) in [5.41, 5.74) is 0. The maximum Gasteiger partial charge on any atom is 0.223 e. The molecule has 17 N–H and O–H groups in total. The van der Waals surface area contributed by atoms with Crippen molar-refractivity contribution in [3.63, 3.8) is 0 Å². The number of aliphatic hydroxyl groups is 12. The summed E-state index contributed by atoms with van der Waals surface area (Å²) in [4.78, 5) is 112. The first-order chi connectivity index (χ1) is 56.4. The molecule has 25 atom stereocenters. The Morgan fingerprint density at radius 2 is 0.763 bits per heavy atom. The van der Waals surface area contributed by atoms with Crippen molar-refractivity contribution in [2.75, 3.05) is 98.8 Å². The van der Waals surface area contributed by atoms with E-state index in [0.29, 0.717) is 135 Å². The van der Waals surface area contributed by atoms with E-state index in [1.807, 2.05) is 4.90 Å². The maximum atomic E-state index is 14.8. The Balaban J connectivity index is 1.22. The highest BCUT2D eigenvalue weighted by atomic mass is 16.7. The van der Waals surface area contributed by atoms with Gasteiger partial charge in [0.2, 0.25) is 35.4 Å². The molecular weight excluding hydrogens is 1540 g/mol. The highest BCUT2D eigenvalue weighted by Gasteiger charge is 2.46. The van der Waals surface area contributed by atoms with Gasteiger partial charge in [-0.3, -0.25) is 38.4 Å². The van der Waals surface area contributed by atoms with Crippen molar-refractivity contribution < 1.29 is 142 Å². The predicted octanol–water partition coefficient (Wildman–Crippen LogP) is 0.726. The molecule has 0 aromatic carbocycles. The summed E-state index contributed by atoms with van der Waals surface area (Å²) in [7, 11) is 0.